The van der Waals surface area contributed by atoms with E-state index in [1.165, 1.54) is 0 Å². The van der Waals surface area contributed by atoms with Crippen LogP contribution in [0.15, 0.2) is 27.1 Å². The van der Waals surface area contributed by atoms with E-state index in [4.69, 9.17) is 4.74 Å². The predicted octanol–water partition coefficient (Wildman–Crippen LogP) is 3.38. The van der Waals surface area contributed by atoms with Gasteiger partial charge in [-0.25, -0.2) is 0 Å². The highest BCUT2D eigenvalue weighted by Crippen LogP contribution is 2.26. The molecule has 0 amide bonds. The van der Waals surface area contributed by atoms with Crippen molar-refractivity contribution >= 4 is 31.9 Å². The lowest BCUT2D eigenvalue weighted by atomic mass is 10.3. The predicted molar refractivity (Wildman–Crippen MR) is 47.8 cm³/mol. The number of rotatable bonds is 1. The van der Waals surface area contributed by atoms with Crippen LogP contribution < -0.4 is 4.74 Å². The highest BCUT2D eigenvalue weighted by molar-refractivity contribution is 9.13. The smallest absolute Gasteiger partial charge is 0.122 e. The molecule has 0 bridgehead atoms. The van der Waals surface area contributed by atoms with Crippen molar-refractivity contribution in [1.29, 1.82) is 0 Å². The Balaban J connectivity index is 3.04. The summed E-state index contributed by atoms with van der Waals surface area (Å²) in [5.74, 6) is 0.745. The summed E-state index contributed by atoms with van der Waals surface area (Å²) in [6, 6.07) is 5.57. The highest BCUT2D eigenvalue weighted by Gasteiger charge is 1.96. The summed E-state index contributed by atoms with van der Waals surface area (Å²) in [6.07, 6.45) is 0. The lowest BCUT2D eigenvalue weighted by molar-refractivity contribution is 0.472. The van der Waals surface area contributed by atoms with Gasteiger partial charge in [-0.05, 0) is 50.1 Å². The van der Waals surface area contributed by atoms with E-state index in [1.807, 2.05) is 18.2 Å². The van der Waals surface area contributed by atoms with Gasteiger partial charge in [0.2, 0.25) is 0 Å². The average molecular weight is 265 g/mol. The van der Waals surface area contributed by atoms with Crippen LogP contribution in [0.3, 0.4) is 0 Å². The largest absolute Gasteiger partial charge is 0.490 e. The lowest BCUT2D eigenvalue weighted by Gasteiger charge is -1.99. The Morgan fingerprint density at radius 2 is 1.90 bits per heavy atom. The SMILES string of the molecule is [CH2]Oc1ccc(Br)c(Br)c1. The van der Waals surface area contributed by atoms with Crippen LogP contribution in [0.1, 0.15) is 0 Å². The molecule has 0 atom stereocenters. The Kier molecular flexibility index (Phi) is 2.74. The van der Waals surface area contributed by atoms with Gasteiger partial charge in [0.25, 0.3) is 0 Å². The van der Waals surface area contributed by atoms with Crippen molar-refractivity contribution in [3.05, 3.63) is 34.3 Å². The lowest BCUT2D eigenvalue weighted by Crippen LogP contribution is -1.78. The Bertz CT molecular complexity index is 235. The van der Waals surface area contributed by atoms with Gasteiger partial charge in [0.15, 0.2) is 0 Å². The number of ether oxygens (including phenoxy) is 1. The minimum atomic E-state index is 0.745. The number of halogens is 2. The Morgan fingerprint density at radius 3 is 2.40 bits per heavy atom. The molecule has 0 aliphatic heterocycles. The van der Waals surface area contributed by atoms with E-state index >= 15 is 0 Å². The molecule has 0 aliphatic carbocycles. The van der Waals surface area contributed by atoms with E-state index in [0.29, 0.717) is 0 Å². The highest BCUT2D eigenvalue weighted by atomic mass is 79.9. The third kappa shape index (κ3) is 1.73. The van der Waals surface area contributed by atoms with Crippen molar-refractivity contribution in [2.75, 3.05) is 0 Å². The van der Waals surface area contributed by atoms with E-state index in [2.05, 4.69) is 39.0 Å². The molecule has 1 rings (SSSR count). The molecule has 0 spiro atoms. The Morgan fingerprint density at radius 1 is 1.20 bits per heavy atom. The monoisotopic (exact) mass is 263 g/mol. The van der Waals surface area contributed by atoms with Crippen molar-refractivity contribution in [1.82, 2.24) is 0 Å². The molecule has 1 aromatic carbocycles. The van der Waals surface area contributed by atoms with Crippen LogP contribution in [0.5, 0.6) is 5.75 Å². The van der Waals surface area contributed by atoms with Gasteiger partial charge >= 0.3 is 0 Å². The molecule has 0 fully saturated rings. The zero-order valence-corrected chi connectivity index (χ0v) is 8.28. The average Bonchev–Trinajstić information content (AvgIpc) is 1.95. The topological polar surface area (TPSA) is 9.23 Å². The molecule has 1 radical (unpaired) electrons. The molecule has 0 saturated heterocycles. The fourth-order valence-electron chi connectivity index (χ4n) is 0.567. The molecule has 1 nitrogen and oxygen atoms in total. The van der Waals surface area contributed by atoms with Crippen molar-refractivity contribution < 1.29 is 4.74 Å². The number of hydrogen-bond donors (Lipinski definition) is 0. The summed E-state index contributed by atoms with van der Waals surface area (Å²) < 4.78 is 6.72. The van der Waals surface area contributed by atoms with Crippen molar-refractivity contribution in [2.45, 2.75) is 0 Å². The zero-order chi connectivity index (χ0) is 7.56. The summed E-state index contributed by atoms with van der Waals surface area (Å²) in [5, 5.41) is 0. The first-order valence-electron chi connectivity index (χ1n) is 2.61. The van der Waals surface area contributed by atoms with Crippen LogP contribution in [0.4, 0.5) is 0 Å². The quantitative estimate of drug-likeness (QED) is 0.756. The van der Waals surface area contributed by atoms with Crippen LogP contribution in [0.2, 0.25) is 0 Å². The maximum Gasteiger partial charge on any atom is 0.122 e. The number of benzene rings is 1. The van der Waals surface area contributed by atoms with Gasteiger partial charge in [0.05, 0.1) is 0 Å². The molecule has 3 heteroatoms. The number of hydrogen-bond acceptors (Lipinski definition) is 1. The summed E-state index contributed by atoms with van der Waals surface area (Å²) in [4.78, 5) is 0. The summed E-state index contributed by atoms with van der Waals surface area (Å²) >= 11 is 6.67. The van der Waals surface area contributed by atoms with Crippen molar-refractivity contribution in [2.24, 2.45) is 0 Å². The second kappa shape index (κ2) is 3.39. The molecule has 0 saturated carbocycles. The van der Waals surface area contributed by atoms with Gasteiger partial charge < -0.3 is 4.74 Å². The van der Waals surface area contributed by atoms with Gasteiger partial charge in [-0.1, -0.05) is 0 Å². The van der Waals surface area contributed by atoms with Gasteiger partial charge in [-0.15, -0.1) is 0 Å². The van der Waals surface area contributed by atoms with Crippen LogP contribution >= 0.6 is 31.9 Å². The van der Waals surface area contributed by atoms with E-state index in [1.54, 1.807) is 0 Å². The van der Waals surface area contributed by atoms with Crippen LogP contribution in [-0.4, -0.2) is 0 Å². The van der Waals surface area contributed by atoms with E-state index < -0.39 is 0 Å². The first kappa shape index (κ1) is 8.08. The van der Waals surface area contributed by atoms with Gasteiger partial charge in [-0.2, -0.15) is 0 Å². The first-order chi connectivity index (χ1) is 4.74. The maximum absolute atomic E-state index is 4.75. The van der Waals surface area contributed by atoms with E-state index in [0.717, 1.165) is 14.7 Å². The Hall–Kier alpha value is -0.0200. The van der Waals surface area contributed by atoms with E-state index in [-0.39, 0.29) is 0 Å². The van der Waals surface area contributed by atoms with Crippen LogP contribution in [0, 0.1) is 7.11 Å². The minimum Gasteiger partial charge on any atom is -0.490 e. The minimum absolute atomic E-state index is 0.745. The molecule has 1 aromatic rings. The van der Waals surface area contributed by atoms with Gasteiger partial charge in [0.1, 0.15) is 12.9 Å². The first-order valence-corrected chi connectivity index (χ1v) is 4.19. The maximum atomic E-state index is 4.75. The molecule has 0 aromatic heterocycles. The molecule has 53 valence electrons. The second-order valence-corrected chi connectivity index (χ2v) is 3.43. The molecule has 0 N–H and O–H groups in total. The molecular weight excluding hydrogens is 260 g/mol. The Labute approximate surface area is 76.6 Å². The standard InChI is InChI=1S/C7H5Br2O/c1-10-5-2-3-6(8)7(9)4-5/h2-4H,1H2. The fourth-order valence-corrected chi connectivity index (χ4v) is 1.17. The van der Waals surface area contributed by atoms with Crippen molar-refractivity contribution in [3.8, 4) is 5.75 Å². The second-order valence-electron chi connectivity index (χ2n) is 1.72. The summed E-state index contributed by atoms with van der Waals surface area (Å²) in [7, 11) is 3.29. The van der Waals surface area contributed by atoms with Gasteiger partial charge in [0, 0.05) is 8.95 Å². The zero-order valence-electron chi connectivity index (χ0n) is 5.10. The molecule has 10 heavy (non-hydrogen) atoms. The normalized spacial score (nSPS) is 9.50. The van der Waals surface area contributed by atoms with E-state index in [9.17, 15) is 0 Å². The van der Waals surface area contributed by atoms with Crippen LogP contribution in [-0.2, 0) is 0 Å². The van der Waals surface area contributed by atoms with Crippen LogP contribution in [0.25, 0.3) is 0 Å². The third-order valence-corrected chi connectivity index (χ3v) is 2.94. The van der Waals surface area contributed by atoms with Gasteiger partial charge in [-0.3, -0.25) is 0 Å². The summed E-state index contributed by atoms with van der Waals surface area (Å²) in [6.45, 7) is 0. The molecular formula is C7H5Br2O. The fraction of sp³-hybridized carbons (Fsp3) is 0. The molecule has 0 aliphatic rings. The third-order valence-electron chi connectivity index (χ3n) is 1.06. The molecule has 0 unspecified atom stereocenters. The molecule has 0 heterocycles. The summed E-state index contributed by atoms with van der Waals surface area (Å²) in [5.41, 5.74) is 0. The van der Waals surface area contributed by atoms with Crippen molar-refractivity contribution in [3.63, 3.8) is 0 Å².